The van der Waals surface area contributed by atoms with Crippen molar-refractivity contribution in [1.82, 2.24) is 4.72 Å². The summed E-state index contributed by atoms with van der Waals surface area (Å²) in [6.45, 7) is 0. The van der Waals surface area contributed by atoms with Gasteiger partial charge in [-0.15, -0.1) is 0 Å². The minimum Gasteiger partial charge on any atom is -0.508 e. The third-order valence-corrected chi connectivity index (χ3v) is 5.12. The van der Waals surface area contributed by atoms with Gasteiger partial charge < -0.3 is 5.11 Å². The Balaban J connectivity index is 1.78. The maximum absolute atomic E-state index is 12.3. The second-order valence-corrected chi connectivity index (χ2v) is 7.05. The van der Waals surface area contributed by atoms with Crippen molar-refractivity contribution in [3.05, 3.63) is 65.2 Å². The number of phenolic OH excluding ortho intramolecular Hbond substituents is 1. The average Bonchev–Trinajstić information content (AvgIpc) is 2.83. The number of aromatic hydroxyl groups is 1. The summed E-state index contributed by atoms with van der Waals surface area (Å²) in [4.78, 5) is 0. The molecule has 0 heterocycles. The first-order valence-corrected chi connectivity index (χ1v) is 8.55. The van der Waals surface area contributed by atoms with E-state index in [0.717, 1.165) is 16.7 Å². The normalized spacial score (nSPS) is 17.6. The Labute approximate surface area is 124 Å². The fourth-order valence-corrected chi connectivity index (χ4v) is 4.20. The smallest absolute Gasteiger partial charge is 0.216 e. The number of hydrogen-bond acceptors (Lipinski definition) is 3. The lowest BCUT2D eigenvalue weighted by atomic mass is 10.1. The third-order valence-electron chi connectivity index (χ3n) is 3.77. The van der Waals surface area contributed by atoms with Gasteiger partial charge in [0, 0.05) is 6.04 Å². The van der Waals surface area contributed by atoms with Crippen LogP contribution in [0.3, 0.4) is 0 Å². The van der Waals surface area contributed by atoms with Gasteiger partial charge in [0.25, 0.3) is 0 Å². The van der Waals surface area contributed by atoms with E-state index in [1.54, 1.807) is 24.3 Å². The van der Waals surface area contributed by atoms with Gasteiger partial charge in [-0.3, -0.25) is 0 Å². The van der Waals surface area contributed by atoms with Gasteiger partial charge in [0.2, 0.25) is 10.0 Å². The van der Waals surface area contributed by atoms with Crippen molar-refractivity contribution < 1.29 is 13.5 Å². The summed E-state index contributed by atoms with van der Waals surface area (Å²) in [7, 11) is -3.41. The molecule has 2 N–H and O–H groups in total. The molecule has 5 heteroatoms. The SMILES string of the molecule is O=S(=O)(Cc1ccccc1)N[C@H]1CCc2c(O)cccc21. The van der Waals surface area contributed by atoms with Crippen molar-refractivity contribution in [3.63, 3.8) is 0 Å². The van der Waals surface area contributed by atoms with Gasteiger partial charge in [-0.25, -0.2) is 13.1 Å². The van der Waals surface area contributed by atoms with Crippen LogP contribution in [0.2, 0.25) is 0 Å². The predicted octanol–water partition coefficient (Wildman–Crippen LogP) is 2.50. The molecular weight excluding hydrogens is 286 g/mol. The van der Waals surface area contributed by atoms with Crippen LogP contribution in [0, 0.1) is 0 Å². The van der Waals surface area contributed by atoms with Crippen LogP contribution < -0.4 is 4.72 Å². The summed E-state index contributed by atoms with van der Waals surface area (Å²) in [6, 6.07) is 14.1. The number of sulfonamides is 1. The van der Waals surface area contributed by atoms with Crippen LogP contribution in [0.4, 0.5) is 0 Å². The van der Waals surface area contributed by atoms with E-state index in [1.165, 1.54) is 0 Å². The van der Waals surface area contributed by atoms with E-state index in [1.807, 2.05) is 24.3 Å². The first kappa shape index (κ1) is 14.1. The van der Waals surface area contributed by atoms with E-state index in [0.29, 0.717) is 12.8 Å². The minimum absolute atomic E-state index is 0.0293. The van der Waals surface area contributed by atoms with Gasteiger partial charge in [0.15, 0.2) is 0 Å². The molecule has 1 aliphatic rings. The largest absolute Gasteiger partial charge is 0.508 e. The van der Waals surface area contributed by atoms with Crippen LogP contribution >= 0.6 is 0 Å². The summed E-state index contributed by atoms with van der Waals surface area (Å²) in [5.41, 5.74) is 2.50. The maximum Gasteiger partial charge on any atom is 0.216 e. The zero-order valence-corrected chi connectivity index (χ0v) is 12.3. The molecule has 0 aromatic heterocycles. The zero-order chi connectivity index (χ0) is 14.9. The molecular formula is C16H17NO3S. The topological polar surface area (TPSA) is 66.4 Å². The molecule has 0 fully saturated rings. The van der Waals surface area contributed by atoms with Crippen molar-refractivity contribution in [3.8, 4) is 5.75 Å². The van der Waals surface area contributed by atoms with Gasteiger partial charge in [-0.2, -0.15) is 0 Å². The standard InChI is InChI=1S/C16H17NO3S/c18-16-8-4-7-13-14(16)9-10-15(13)17-21(19,20)11-12-5-2-1-3-6-12/h1-8,15,17-18H,9-11H2/t15-/m0/s1. The molecule has 0 bridgehead atoms. The summed E-state index contributed by atoms with van der Waals surface area (Å²) < 4.78 is 27.3. The summed E-state index contributed by atoms with van der Waals surface area (Å²) >= 11 is 0. The van der Waals surface area contributed by atoms with Crippen molar-refractivity contribution >= 4 is 10.0 Å². The van der Waals surface area contributed by atoms with E-state index < -0.39 is 10.0 Å². The summed E-state index contributed by atoms with van der Waals surface area (Å²) in [6.07, 6.45) is 1.38. The van der Waals surface area contributed by atoms with Crippen LogP contribution in [0.1, 0.15) is 29.2 Å². The Hall–Kier alpha value is -1.85. The molecule has 21 heavy (non-hydrogen) atoms. The van der Waals surface area contributed by atoms with Gasteiger partial charge in [0.05, 0.1) is 5.75 Å². The van der Waals surface area contributed by atoms with Gasteiger partial charge >= 0.3 is 0 Å². The number of benzene rings is 2. The summed E-state index contributed by atoms with van der Waals surface area (Å²) in [5.74, 6) is 0.218. The first-order valence-electron chi connectivity index (χ1n) is 6.90. The Kier molecular flexibility index (Phi) is 3.69. The Morgan fingerprint density at radius 3 is 2.62 bits per heavy atom. The maximum atomic E-state index is 12.3. The minimum atomic E-state index is -3.41. The highest BCUT2D eigenvalue weighted by molar-refractivity contribution is 7.88. The Bertz CT molecular complexity index is 741. The van der Waals surface area contributed by atoms with Crippen LogP contribution in [-0.2, 0) is 22.2 Å². The number of nitrogens with one attached hydrogen (secondary N) is 1. The van der Waals surface area contributed by atoms with Gasteiger partial charge in [-0.1, -0.05) is 42.5 Å². The number of fused-ring (bicyclic) bond motifs is 1. The molecule has 1 atom stereocenters. The molecule has 2 aromatic rings. The fraction of sp³-hybridized carbons (Fsp3) is 0.250. The molecule has 0 amide bonds. The molecule has 0 aliphatic heterocycles. The average molecular weight is 303 g/mol. The second kappa shape index (κ2) is 5.50. The molecule has 2 aromatic carbocycles. The van der Waals surface area contributed by atoms with Gasteiger partial charge in [-0.05, 0) is 35.6 Å². The van der Waals surface area contributed by atoms with Crippen LogP contribution in [0.25, 0.3) is 0 Å². The molecule has 0 radical (unpaired) electrons. The van der Waals surface area contributed by atoms with E-state index in [9.17, 15) is 13.5 Å². The molecule has 0 saturated carbocycles. The molecule has 0 saturated heterocycles. The molecule has 110 valence electrons. The predicted molar refractivity (Wildman–Crippen MR) is 81.4 cm³/mol. The molecule has 0 unspecified atom stereocenters. The quantitative estimate of drug-likeness (QED) is 0.912. The fourth-order valence-electron chi connectivity index (χ4n) is 2.81. The number of rotatable bonds is 4. The highest BCUT2D eigenvalue weighted by atomic mass is 32.2. The molecule has 1 aliphatic carbocycles. The lowest BCUT2D eigenvalue weighted by molar-refractivity contribution is 0.469. The van der Waals surface area contributed by atoms with E-state index in [4.69, 9.17) is 0 Å². The van der Waals surface area contributed by atoms with Crippen LogP contribution in [0.15, 0.2) is 48.5 Å². The second-order valence-electron chi connectivity index (χ2n) is 5.30. The lowest BCUT2D eigenvalue weighted by Crippen LogP contribution is -2.28. The van der Waals surface area contributed by atoms with Crippen molar-refractivity contribution in [2.45, 2.75) is 24.6 Å². The molecule has 4 nitrogen and oxygen atoms in total. The third kappa shape index (κ3) is 3.09. The van der Waals surface area contributed by atoms with E-state index in [-0.39, 0.29) is 17.5 Å². The van der Waals surface area contributed by atoms with Gasteiger partial charge in [0.1, 0.15) is 5.75 Å². The van der Waals surface area contributed by atoms with Crippen LogP contribution in [0.5, 0.6) is 5.75 Å². The first-order chi connectivity index (χ1) is 10.1. The Morgan fingerprint density at radius 1 is 1.10 bits per heavy atom. The number of phenols is 1. The monoisotopic (exact) mass is 303 g/mol. The molecule has 0 spiro atoms. The molecule has 3 rings (SSSR count). The lowest BCUT2D eigenvalue weighted by Gasteiger charge is -2.14. The highest BCUT2D eigenvalue weighted by Gasteiger charge is 2.28. The van der Waals surface area contributed by atoms with Crippen molar-refractivity contribution in [2.75, 3.05) is 0 Å². The van der Waals surface area contributed by atoms with E-state index in [2.05, 4.69) is 4.72 Å². The van der Waals surface area contributed by atoms with Crippen molar-refractivity contribution in [1.29, 1.82) is 0 Å². The summed E-state index contributed by atoms with van der Waals surface area (Å²) in [5, 5.41) is 9.81. The van der Waals surface area contributed by atoms with E-state index >= 15 is 0 Å². The van der Waals surface area contributed by atoms with Crippen molar-refractivity contribution in [2.24, 2.45) is 0 Å². The highest BCUT2D eigenvalue weighted by Crippen LogP contribution is 2.36. The van der Waals surface area contributed by atoms with Crippen LogP contribution in [-0.4, -0.2) is 13.5 Å². The zero-order valence-electron chi connectivity index (χ0n) is 11.5. The Morgan fingerprint density at radius 2 is 1.86 bits per heavy atom. The number of hydrogen-bond donors (Lipinski definition) is 2.